The molecule has 4 rings (SSSR count). The lowest BCUT2D eigenvalue weighted by Gasteiger charge is -2.20. The van der Waals surface area contributed by atoms with Crippen LogP contribution in [0.3, 0.4) is 0 Å². The summed E-state index contributed by atoms with van der Waals surface area (Å²) in [4.78, 5) is 19.5. The van der Waals surface area contributed by atoms with Gasteiger partial charge in [-0.25, -0.2) is 4.98 Å². The van der Waals surface area contributed by atoms with E-state index in [-0.39, 0.29) is 24.4 Å². The van der Waals surface area contributed by atoms with E-state index in [9.17, 15) is 4.79 Å². The van der Waals surface area contributed by atoms with E-state index < -0.39 is 0 Å². The van der Waals surface area contributed by atoms with Crippen LogP contribution in [0.25, 0.3) is 0 Å². The first kappa shape index (κ1) is 20.2. The van der Waals surface area contributed by atoms with Gasteiger partial charge in [0, 0.05) is 36.6 Å². The maximum absolute atomic E-state index is 13.1. The van der Waals surface area contributed by atoms with Gasteiger partial charge in [-0.2, -0.15) is 0 Å². The zero-order valence-electron chi connectivity index (χ0n) is 15.6. The number of amides is 1. The van der Waals surface area contributed by atoms with Gasteiger partial charge in [0.25, 0.3) is 5.91 Å². The molecular formula is C19H25ClN4O2S. The second-order valence-corrected chi connectivity index (χ2v) is 8.29. The number of hydrogen-bond donors (Lipinski definition) is 1. The average Bonchev–Trinajstić information content (AvgIpc) is 3.30. The zero-order valence-corrected chi connectivity index (χ0v) is 17.2. The van der Waals surface area contributed by atoms with Gasteiger partial charge in [0.05, 0.1) is 11.3 Å². The quantitative estimate of drug-likeness (QED) is 0.782. The number of likely N-dealkylation sites (tertiary alicyclic amines) is 1. The van der Waals surface area contributed by atoms with Crippen LogP contribution in [0, 0.1) is 25.7 Å². The molecule has 146 valence electrons. The molecule has 1 saturated heterocycles. The molecule has 3 unspecified atom stereocenters. The molecule has 2 aromatic rings. The number of carbonyl (C=O) groups excluding carboxylic acids is 1. The summed E-state index contributed by atoms with van der Waals surface area (Å²) in [7, 11) is 0. The molecule has 2 N–H and O–H groups in total. The SMILES string of the molecule is Cc1noc(C)c1CSc1ncccc1C(=O)N1CC2CCC(N)C2C1.Cl. The van der Waals surface area contributed by atoms with Gasteiger partial charge >= 0.3 is 0 Å². The molecule has 1 aliphatic carbocycles. The second kappa shape index (κ2) is 8.20. The van der Waals surface area contributed by atoms with E-state index in [1.165, 1.54) is 0 Å². The van der Waals surface area contributed by atoms with Crippen molar-refractivity contribution in [3.63, 3.8) is 0 Å². The van der Waals surface area contributed by atoms with Crippen LogP contribution in [0.4, 0.5) is 0 Å². The van der Waals surface area contributed by atoms with Crippen molar-refractivity contribution in [1.82, 2.24) is 15.0 Å². The Balaban J connectivity index is 0.00000210. The number of nitrogens with zero attached hydrogens (tertiary/aromatic N) is 3. The van der Waals surface area contributed by atoms with Crippen molar-refractivity contribution >= 4 is 30.1 Å². The molecule has 27 heavy (non-hydrogen) atoms. The first-order chi connectivity index (χ1) is 12.5. The van der Waals surface area contributed by atoms with Gasteiger partial charge in [-0.3, -0.25) is 4.79 Å². The second-order valence-electron chi connectivity index (χ2n) is 7.32. The van der Waals surface area contributed by atoms with Crippen molar-refractivity contribution in [3.8, 4) is 0 Å². The van der Waals surface area contributed by atoms with Crippen molar-refractivity contribution in [2.75, 3.05) is 13.1 Å². The maximum Gasteiger partial charge on any atom is 0.256 e. The summed E-state index contributed by atoms with van der Waals surface area (Å²) in [5, 5.41) is 4.76. The van der Waals surface area contributed by atoms with Crippen molar-refractivity contribution in [3.05, 3.63) is 40.9 Å². The maximum atomic E-state index is 13.1. The number of fused-ring (bicyclic) bond motifs is 1. The van der Waals surface area contributed by atoms with E-state index in [0.717, 1.165) is 48.0 Å². The number of rotatable bonds is 4. The predicted molar refractivity (Wildman–Crippen MR) is 107 cm³/mol. The molecule has 3 atom stereocenters. The lowest BCUT2D eigenvalue weighted by Crippen LogP contribution is -2.33. The van der Waals surface area contributed by atoms with Gasteiger partial charge < -0.3 is 15.2 Å². The van der Waals surface area contributed by atoms with Crippen LogP contribution in [0.1, 0.15) is 40.2 Å². The van der Waals surface area contributed by atoms with Crippen LogP contribution in [0.2, 0.25) is 0 Å². The summed E-state index contributed by atoms with van der Waals surface area (Å²) in [5.41, 5.74) is 8.85. The Labute approximate surface area is 169 Å². The Morgan fingerprint density at radius 3 is 2.89 bits per heavy atom. The van der Waals surface area contributed by atoms with Crippen LogP contribution < -0.4 is 5.73 Å². The fourth-order valence-corrected chi connectivity index (χ4v) is 5.30. The Hall–Kier alpha value is -1.57. The molecule has 2 fully saturated rings. The first-order valence-corrected chi connectivity index (χ1v) is 10.1. The predicted octanol–water partition coefficient (Wildman–Crippen LogP) is 3.21. The molecule has 0 aromatic carbocycles. The number of carbonyl (C=O) groups is 1. The summed E-state index contributed by atoms with van der Waals surface area (Å²) in [6, 6.07) is 3.94. The molecule has 0 spiro atoms. The van der Waals surface area contributed by atoms with Gasteiger partial charge in [0.15, 0.2) is 0 Å². The minimum atomic E-state index is 0. The molecule has 6 nitrogen and oxygen atoms in total. The van der Waals surface area contributed by atoms with Crippen LogP contribution in [-0.2, 0) is 5.75 Å². The van der Waals surface area contributed by atoms with Crippen molar-refractivity contribution in [1.29, 1.82) is 0 Å². The highest BCUT2D eigenvalue weighted by Gasteiger charge is 2.42. The molecule has 1 aliphatic heterocycles. The average molecular weight is 409 g/mol. The summed E-state index contributed by atoms with van der Waals surface area (Å²) in [6.07, 6.45) is 3.96. The van der Waals surface area contributed by atoms with E-state index >= 15 is 0 Å². The molecule has 3 heterocycles. The monoisotopic (exact) mass is 408 g/mol. The molecule has 0 bridgehead atoms. The van der Waals surface area contributed by atoms with Gasteiger partial charge in [0.2, 0.25) is 0 Å². The van der Waals surface area contributed by atoms with Gasteiger partial charge in [-0.1, -0.05) is 5.16 Å². The molecule has 2 aliphatic rings. The zero-order chi connectivity index (χ0) is 18.3. The number of hydrogen-bond acceptors (Lipinski definition) is 6. The summed E-state index contributed by atoms with van der Waals surface area (Å²) in [6.45, 7) is 5.43. The van der Waals surface area contributed by atoms with E-state index in [4.69, 9.17) is 10.3 Å². The highest BCUT2D eigenvalue weighted by Crippen LogP contribution is 2.38. The molecule has 2 aromatic heterocycles. The minimum absolute atomic E-state index is 0. The van der Waals surface area contributed by atoms with E-state index in [0.29, 0.717) is 23.2 Å². The Morgan fingerprint density at radius 1 is 1.37 bits per heavy atom. The summed E-state index contributed by atoms with van der Waals surface area (Å²) in [5.74, 6) is 2.59. The Morgan fingerprint density at radius 2 is 2.19 bits per heavy atom. The molecule has 1 saturated carbocycles. The lowest BCUT2D eigenvalue weighted by atomic mass is 9.98. The summed E-state index contributed by atoms with van der Waals surface area (Å²) >= 11 is 1.56. The van der Waals surface area contributed by atoms with Crippen molar-refractivity contribution in [2.24, 2.45) is 17.6 Å². The standard InChI is InChI=1S/C19H24N4O2S.ClH/c1-11-16(12(2)25-22-11)10-26-18-14(4-3-7-21-18)19(24)23-8-13-5-6-17(20)15(13)9-23;/h3-4,7,13,15,17H,5-6,8-10,20H2,1-2H3;1H. The van der Waals surface area contributed by atoms with E-state index in [1.54, 1.807) is 18.0 Å². The summed E-state index contributed by atoms with van der Waals surface area (Å²) < 4.78 is 5.22. The van der Waals surface area contributed by atoms with Gasteiger partial charge in [0.1, 0.15) is 10.8 Å². The number of thioether (sulfide) groups is 1. The lowest BCUT2D eigenvalue weighted by molar-refractivity contribution is 0.0775. The number of pyridine rings is 1. The number of aryl methyl sites for hydroxylation is 2. The molecule has 8 heteroatoms. The van der Waals surface area contributed by atoms with Crippen LogP contribution in [-0.4, -0.2) is 40.1 Å². The van der Waals surface area contributed by atoms with Crippen molar-refractivity contribution in [2.45, 2.75) is 43.5 Å². The number of aromatic nitrogens is 2. The number of halogens is 1. The highest BCUT2D eigenvalue weighted by molar-refractivity contribution is 7.98. The van der Waals surface area contributed by atoms with Crippen LogP contribution in [0.15, 0.2) is 27.9 Å². The van der Waals surface area contributed by atoms with Gasteiger partial charge in [-0.05, 0) is 50.7 Å². The van der Waals surface area contributed by atoms with Crippen LogP contribution in [0.5, 0.6) is 0 Å². The third kappa shape index (κ3) is 3.86. The Kier molecular flexibility index (Phi) is 6.13. The van der Waals surface area contributed by atoms with E-state index in [2.05, 4.69) is 10.1 Å². The first-order valence-electron chi connectivity index (χ1n) is 9.09. The minimum Gasteiger partial charge on any atom is -0.361 e. The molecular weight excluding hydrogens is 384 g/mol. The number of nitrogens with two attached hydrogens (primary N) is 1. The smallest absolute Gasteiger partial charge is 0.256 e. The topological polar surface area (TPSA) is 85.2 Å². The van der Waals surface area contributed by atoms with Crippen molar-refractivity contribution < 1.29 is 9.32 Å². The Bertz CT molecular complexity index is 808. The highest BCUT2D eigenvalue weighted by atomic mass is 35.5. The fraction of sp³-hybridized carbons (Fsp3) is 0.526. The van der Waals surface area contributed by atoms with E-state index in [1.807, 2.05) is 30.9 Å². The fourth-order valence-electron chi connectivity index (χ4n) is 4.16. The third-order valence-electron chi connectivity index (χ3n) is 5.74. The molecule has 0 radical (unpaired) electrons. The van der Waals surface area contributed by atoms with Gasteiger partial charge in [-0.15, -0.1) is 24.2 Å². The van der Waals surface area contributed by atoms with Crippen LogP contribution >= 0.6 is 24.2 Å². The third-order valence-corrected chi connectivity index (χ3v) is 6.77. The largest absolute Gasteiger partial charge is 0.361 e. The molecule has 1 amide bonds. The normalized spacial score (nSPS) is 24.0.